The summed E-state index contributed by atoms with van der Waals surface area (Å²) in [6.07, 6.45) is 1.04. The average Bonchev–Trinajstić information content (AvgIpc) is 3.32. The molecule has 3 aromatic rings. The van der Waals surface area contributed by atoms with Crippen molar-refractivity contribution in [2.24, 2.45) is 4.99 Å². The van der Waals surface area contributed by atoms with Gasteiger partial charge in [-0.05, 0) is 25.5 Å². The van der Waals surface area contributed by atoms with Gasteiger partial charge in [0.15, 0.2) is 16.9 Å². The predicted octanol–water partition coefficient (Wildman–Crippen LogP) is 3.60. The molecule has 0 radical (unpaired) electrons. The van der Waals surface area contributed by atoms with Gasteiger partial charge in [0.1, 0.15) is 22.1 Å². The summed E-state index contributed by atoms with van der Waals surface area (Å²) in [6, 6.07) is 4.89. The number of hydrogen-bond donors (Lipinski definition) is 3. The molecule has 0 saturated carbocycles. The molecule has 9 heteroatoms. The van der Waals surface area contributed by atoms with Crippen LogP contribution in [0.25, 0.3) is 22.0 Å². The first-order valence-corrected chi connectivity index (χ1v) is 10.2. The lowest BCUT2D eigenvalue weighted by molar-refractivity contribution is 0.101. The quantitative estimate of drug-likeness (QED) is 0.580. The van der Waals surface area contributed by atoms with E-state index in [1.807, 2.05) is 10.8 Å². The molecule has 0 unspecified atom stereocenters. The van der Waals surface area contributed by atoms with E-state index in [1.54, 1.807) is 12.1 Å². The topological polar surface area (TPSA) is 99.5 Å². The van der Waals surface area contributed by atoms with Gasteiger partial charge in [-0.1, -0.05) is 6.07 Å². The number of ketones is 1. The highest BCUT2D eigenvalue weighted by Gasteiger charge is 2.14. The Balaban J connectivity index is 1.54. The first-order valence-electron chi connectivity index (χ1n) is 8.41. The molecule has 7 nitrogen and oxygen atoms in total. The van der Waals surface area contributed by atoms with E-state index in [0.717, 1.165) is 42.0 Å². The second-order valence-electron chi connectivity index (χ2n) is 6.00. The zero-order chi connectivity index (χ0) is 18.8. The van der Waals surface area contributed by atoms with Crippen LogP contribution in [-0.2, 0) is 0 Å². The van der Waals surface area contributed by atoms with E-state index in [4.69, 9.17) is 0 Å². The number of anilines is 1. The molecule has 1 aliphatic heterocycles. The number of aliphatic imine (C=N–C) groups is 1. The SMILES string of the molecule is CC(=O)c1ccc(-c2nc(-c3csc(NC4=NCCCN4)n3)cs2)c(O)c1. The van der Waals surface area contributed by atoms with Gasteiger partial charge in [0.25, 0.3) is 0 Å². The van der Waals surface area contributed by atoms with Crippen molar-refractivity contribution in [2.75, 3.05) is 18.4 Å². The summed E-state index contributed by atoms with van der Waals surface area (Å²) in [4.78, 5) is 25.0. The molecule has 0 aliphatic carbocycles. The third-order valence-corrected chi connectivity index (χ3v) is 5.66. The molecule has 3 N–H and O–H groups in total. The van der Waals surface area contributed by atoms with Gasteiger partial charge in [0, 0.05) is 29.4 Å². The monoisotopic (exact) mass is 399 g/mol. The Labute approximate surface area is 163 Å². The van der Waals surface area contributed by atoms with E-state index in [0.29, 0.717) is 16.1 Å². The van der Waals surface area contributed by atoms with E-state index in [1.165, 1.54) is 35.7 Å². The summed E-state index contributed by atoms with van der Waals surface area (Å²) in [5.41, 5.74) is 2.59. The molecular formula is C18H17N5O2S2. The van der Waals surface area contributed by atoms with Crippen molar-refractivity contribution in [3.8, 4) is 27.7 Å². The lowest BCUT2D eigenvalue weighted by Gasteiger charge is -2.13. The van der Waals surface area contributed by atoms with Crippen LogP contribution in [0.2, 0.25) is 0 Å². The Morgan fingerprint density at radius 3 is 2.78 bits per heavy atom. The van der Waals surface area contributed by atoms with Crippen LogP contribution in [0.15, 0.2) is 34.0 Å². The van der Waals surface area contributed by atoms with Crippen molar-refractivity contribution in [3.05, 3.63) is 34.5 Å². The number of aromatic nitrogens is 2. The second-order valence-corrected chi connectivity index (χ2v) is 7.72. The molecule has 0 fully saturated rings. The largest absolute Gasteiger partial charge is 0.507 e. The molecule has 2 aromatic heterocycles. The molecule has 0 spiro atoms. The fourth-order valence-corrected chi connectivity index (χ4v) is 4.16. The lowest BCUT2D eigenvalue weighted by atomic mass is 10.1. The summed E-state index contributed by atoms with van der Waals surface area (Å²) in [5.74, 6) is 0.707. The van der Waals surface area contributed by atoms with Crippen molar-refractivity contribution in [1.82, 2.24) is 15.3 Å². The first kappa shape index (κ1) is 17.6. The van der Waals surface area contributed by atoms with E-state index in [2.05, 4.69) is 25.6 Å². The van der Waals surface area contributed by atoms with E-state index >= 15 is 0 Å². The molecule has 0 atom stereocenters. The highest BCUT2D eigenvalue weighted by Crippen LogP contribution is 2.35. The molecule has 138 valence electrons. The number of aromatic hydroxyl groups is 1. The normalized spacial score (nSPS) is 13.7. The summed E-state index contributed by atoms with van der Waals surface area (Å²) >= 11 is 2.91. The van der Waals surface area contributed by atoms with Gasteiger partial charge in [0.05, 0.1) is 5.56 Å². The Bertz CT molecular complexity index is 1020. The molecule has 27 heavy (non-hydrogen) atoms. The van der Waals surface area contributed by atoms with Gasteiger partial charge in [-0.3, -0.25) is 9.79 Å². The molecule has 0 saturated heterocycles. The average molecular weight is 400 g/mol. The fraction of sp³-hybridized carbons (Fsp3) is 0.222. The van der Waals surface area contributed by atoms with Crippen LogP contribution in [0.3, 0.4) is 0 Å². The van der Waals surface area contributed by atoms with E-state index in [-0.39, 0.29) is 11.5 Å². The Morgan fingerprint density at radius 1 is 1.22 bits per heavy atom. The molecule has 1 aliphatic rings. The Morgan fingerprint density at radius 2 is 2.04 bits per heavy atom. The number of phenolic OH excluding ortho intramolecular Hbond substituents is 1. The van der Waals surface area contributed by atoms with Crippen LogP contribution in [0, 0.1) is 0 Å². The van der Waals surface area contributed by atoms with Crippen LogP contribution in [0.5, 0.6) is 5.75 Å². The smallest absolute Gasteiger partial charge is 0.197 e. The second kappa shape index (κ2) is 7.45. The summed E-state index contributed by atoms with van der Waals surface area (Å²) < 4.78 is 0. The first-order chi connectivity index (χ1) is 13.1. The fourth-order valence-electron chi connectivity index (χ4n) is 2.61. The summed E-state index contributed by atoms with van der Waals surface area (Å²) in [7, 11) is 0. The van der Waals surface area contributed by atoms with E-state index < -0.39 is 0 Å². The number of phenols is 1. The van der Waals surface area contributed by atoms with Crippen LogP contribution < -0.4 is 10.6 Å². The maximum absolute atomic E-state index is 11.4. The number of nitrogens with zero attached hydrogens (tertiary/aromatic N) is 3. The highest BCUT2D eigenvalue weighted by atomic mass is 32.1. The van der Waals surface area contributed by atoms with Gasteiger partial charge >= 0.3 is 0 Å². The van der Waals surface area contributed by atoms with Crippen LogP contribution in [0.4, 0.5) is 5.13 Å². The van der Waals surface area contributed by atoms with Crippen molar-refractivity contribution in [2.45, 2.75) is 13.3 Å². The van der Waals surface area contributed by atoms with Crippen molar-refractivity contribution < 1.29 is 9.90 Å². The number of benzene rings is 1. The third-order valence-electron chi connectivity index (χ3n) is 4.03. The van der Waals surface area contributed by atoms with Crippen LogP contribution >= 0.6 is 22.7 Å². The van der Waals surface area contributed by atoms with Gasteiger partial charge in [-0.15, -0.1) is 22.7 Å². The summed E-state index contributed by atoms with van der Waals surface area (Å²) in [5, 5.41) is 21.9. The number of rotatable bonds is 4. The van der Waals surface area contributed by atoms with Crippen LogP contribution in [0.1, 0.15) is 23.7 Å². The van der Waals surface area contributed by atoms with Gasteiger partial charge < -0.3 is 15.7 Å². The van der Waals surface area contributed by atoms with Crippen molar-refractivity contribution in [1.29, 1.82) is 0 Å². The third kappa shape index (κ3) is 3.83. The van der Waals surface area contributed by atoms with Crippen LogP contribution in [-0.4, -0.2) is 39.9 Å². The maximum atomic E-state index is 11.4. The minimum atomic E-state index is -0.0868. The maximum Gasteiger partial charge on any atom is 0.197 e. The van der Waals surface area contributed by atoms with Gasteiger partial charge in [-0.25, -0.2) is 9.97 Å². The van der Waals surface area contributed by atoms with Gasteiger partial charge in [-0.2, -0.15) is 0 Å². The zero-order valence-corrected chi connectivity index (χ0v) is 16.2. The standard InChI is InChI=1S/C18H17N5O2S2/c1-10(24)11-3-4-12(15(25)7-11)16-21-13(8-26-16)14-9-27-18(22-14)23-17-19-5-2-6-20-17/h3-4,7-9,25H,2,5-6H2,1H3,(H2,19,20,22,23). The molecular weight excluding hydrogens is 382 g/mol. The number of guanidine groups is 1. The van der Waals surface area contributed by atoms with E-state index in [9.17, 15) is 9.90 Å². The van der Waals surface area contributed by atoms with Crippen molar-refractivity contribution in [3.63, 3.8) is 0 Å². The zero-order valence-electron chi connectivity index (χ0n) is 14.5. The molecule has 4 rings (SSSR count). The number of carbonyl (C=O) groups excluding carboxylic acids is 1. The minimum absolute atomic E-state index is 0.0469. The summed E-state index contributed by atoms with van der Waals surface area (Å²) in [6.45, 7) is 3.19. The number of thiazole rings is 2. The predicted molar refractivity (Wildman–Crippen MR) is 109 cm³/mol. The number of carbonyl (C=O) groups is 1. The Hall–Kier alpha value is -2.78. The molecule has 1 aromatic carbocycles. The molecule has 0 bridgehead atoms. The minimum Gasteiger partial charge on any atom is -0.507 e. The molecule has 3 heterocycles. The highest BCUT2D eigenvalue weighted by molar-refractivity contribution is 7.14. The Kier molecular flexibility index (Phi) is 4.87. The number of nitrogens with one attached hydrogen (secondary N) is 2. The van der Waals surface area contributed by atoms with Crippen molar-refractivity contribution >= 4 is 39.5 Å². The lowest BCUT2D eigenvalue weighted by Crippen LogP contribution is -2.35. The number of Topliss-reactive ketones (excluding diaryl/α,β-unsaturated/α-hetero) is 1. The van der Waals surface area contributed by atoms with Gasteiger partial charge in [0.2, 0.25) is 0 Å². The molecule has 0 amide bonds. The number of hydrogen-bond acceptors (Lipinski definition) is 9.